The van der Waals surface area contributed by atoms with Crippen molar-refractivity contribution in [3.05, 3.63) is 47.1 Å². The molecule has 0 bridgehead atoms. The van der Waals surface area contributed by atoms with Gasteiger partial charge < -0.3 is 20.1 Å². The van der Waals surface area contributed by atoms with E-state index in [1.54, 1.807) is 0 Å². The Hall–Kier alpha value is -1.20. The molecular formula is C27H42O4. The molecule has 0 radical (unpaired) electrons. The molecule has 0 spiro atoms. The van der Waals surface area contributed by atoms with Crippen molar-refractivity contribution in [2.45, 2.75) is 103 Å². The second-order valence-corrected chi connectivity index (χ2v) is 10.9. The van der Waals surface area contributed by atoms with Gasteiger partial charge in [0.2, 0.25) is 0 Å². The molecule has 2 fully saturated rings. The summed E-state index contributed by atoms with van der Waals surface area (Å²) < 4.78 is 6.29. The molecule has 0 heterocycles. The van der Waals surface area contributed by atoms with E-state index in [-0.39, 0.29) is 5.41 Å². The monoisotopic (exact) mass is 430 g/mol. The maximum absolute atomic E-state index is 10.4. The molecule has 3 N–H and O–H groups in total. The zero-order chi connectivity index (χ0) is 23.0. The molecule has 2 saturated carbocycles. The largest absolute Gasteiger partial charge is 0.393 e. The van der Waals surface area contributed by atoms with E-state index in [1.807, 2.05) is 13.8 Å². The third kappa shape index (κ3) is 5.08. The normalized spacial score (nSPS) is 36.5. The van der Waals surface area contributed by atoms with Crippen molar-refractivity contribution in [1.29, 1.82) is 0 Å². The number of hydrogen-bond acceptors (Lipinski definition) is 4. The Labute approximate surface area is 188 Å². The lowest BCUT2D eigenvalue weighted by Crippen LogP contribution is -2.43. The number of allylic oxidation sites excluding steroid dienone is 4. The molecule has 174 valence electrons. The van der Waals surface area contributed by atoms with Gasteiger partial charge in [0.25, 0.3) is 0 Å². The van der Waals surface area contributed by atoms with E-state index >= 15 is 0 Å². The van der Waals surface area contributed by atoms with Crippen LogP contribution in [-0.2, 0) is 4.74 Å². The zero-order valence-electron chi connectivity index (χ0n) is 20.1. The second-order valence-electron chi connectivity index (χ2n) is 10.9. The van der Waals surface area contributed by atoms with Crippen LogP contribution in [0.25, 0.3) is 0 Å². The lowest BCUT2D eigenvalue weighted by atomic mass is 9.62. The number of rotatable bonds is 6. The summed E-state index contributed by atoms with van der Waals surface area (Å²) in [6, 6.07) is 0. The number of fused-ring (bicyclic) bond motifs is 1. The molecule has 0 saturated heterocycles. The smallest absolute Gasteiger partial charge is 0.0850 e. The first-order chi connectivity index (χ1) is 14.4. The van der Waals surface area contributed by atoms with Gasteiger partial charge >= 0.3 is 0 Å². The van der Waals surface area contributed by atoms with Gasteiger partial charge in [0, 0.05) is 6.42 Å². The van der Waals surface area contributed by atoms with Crippen LogP contribution in [0.4, 0.5) is 0 Å². The first-order valence-electron chi connectivity index (χ1n) is 11.9. The Kier molecular flexibility index (Phi) is 7.08. The number of ether oxygens (including phenoxy) is 1. The minimum Gasteiger partial charge on any atom is -0.393 e. The minimum atomic E-state index is -0.807. The zero-order valence-corrected chi connectivity index (χ0v) is 20.1. The summed E-state index contributed by atoms with van der Waals surface area (Å²) in [5.41, 5.74) is 3.31. The molecule has 0 aromatic carbocycles. The molecule has 0 aromatic rings. The van der Waals surface area contributed by atoms with Crippen molar-refractivity contribution in [1.82, 2.24) is 0 Å². The van der Waals surface area contributed by atoms with Gasteiger partial charge in [-0.1, -0.05) is 44.2 Å². The summed E-state index contributed by atoms with van der Waals surface area (Å²) in [6.45, 7) is 14.8. The molecule has 4 heteroatoms. The van der Waals surface area contributed by atoms with Crippen molar-refractivity contribution in [2.24, 2.45) is 11.3 Å². The minimum absolute atomic E-state index is 0.0484. The summed E-state index contributed by atoms with van der Waals surface area (Å²) in [7, 11) is 0. The van der Waals surface area contributed by atoms with Gasteiger partial charge in [-0.25, -0.2) is 0 Å². The highest BCUT2D eigenvalue weighted by atomic mass is 16.5. The fourth-order valence-electron chi connectivity index (χ4n) is 5.73. The second kappa shape index (κ2) is 8.97. The molecule has 0 amide bonds. The first-order valence-corrected chi connectivity index (χ1v) is 11.9. The van der Waals surface area contributed by atoms with E-state index in [0.29, 0.717) is 31.8 Å². The molecule has 3 rings (SSSR count). The van der Waals surface area contributed by atoms with E-state index in [2.05, 4.69) is 45.6 Å². The van der Waals surface area contributed by atoms with Gasteiger partial charge in [0.15, 0.2) is 0 Å². The van der Waals surface area contributed by atoms with Gasteiger partial charge in [-0.15, -0.1) is 0 Å². The number of aliphatic hydroxyl groups is 3. The van der Waals surface area contributed by atoms with Crippen molar-refractivity contribution < 1.29 is 20.1 Å². The predicted molar refractivity (Wildman–Crippen MR) is 126 cm³/mol. The molecule has 0 aliphatic heterocycles. The van der Waals surface area contributed by atoms with E-state index in [4.69, 9.17) is 4.74 Å². The van der Waals surface area contributed by atoms with Crippen molar-refractivity contribution in [2.75, 3.05) is 6.61 Å². The van der Waals surface area contributed by atoms with Gasteiger partial charge in [0.05, 0.1) is 30.0 Å². The van der Waals surface area contributed by atoms with E-state index < -0.39 is 23.4 Å². The molecule has 31 heavy (non-hydrogen) atoms. The fourth-order valence-corrected chi connectivity index (χ4v) is 5.73. The number of aliphatic hydroxyl groups excluding tert-OH is 2. The van der Waals surface area contributed by atoms with E-state index in [1.165, 1.54) is 11.1 Å². The van der Waals surface area contributed by atoms with Gasteiger partial charge in [-0.05, 0) is 87.3 Å². The first kappa shape index (κ1) is 24.4. The molecular weight excluding hydrogens is 388 g/mol. The molecule has 5 atom stereocenters. The fraction of sp³-hybridized carbons (Fsp3) is 0.704. The SMILES string of the molecule is C=C1C(=CC=C2CCC[C@]3(C)C(C(C)(C)OCC(C)(O)CC)=CC[C@@H]23)C[C@@H](O)C[C@@H]1O. The summed E-state index contributed by atoms with van der Waals surface area (Å²) in [6.07, 6.45) is 11.5. The van der Waals surface area contributed by atoms with Gasteiger partial charge in [0.1, 0.15) is 0 Å². The predicted octanol–water partition coefficient (Wildman–Crippen LogP) is 5.00. The Morgan fingerprint density at radius 3 is 2.65 bits per heavy atom. The van der Waals surface area contributed by atoms with Crippen molar-refractivity contribution in [3.8, 4) is 0 Å². The van der Waals surface area contributed by atoms with E-state index in [9.17, 15) is 15.3 Å². The Morgan fingerprint density at radius 1 is 1.26 bits per heavy atom. The highest BCUT2D eigenvalue weighted by molar-refractivity contribution is 5.41. The van der Waals surface area contributed by atoms with Crippen LogP contribution in [0, 0.1) is 11.3 Å². The Bertz CT molecular complexity index is 785. The summed E-state index contributed by atoms with van der Waals surface area (Å²) in [4.78, 5) is 0. The maximum atomic E-state index is 10.4. The third-order valence-electron chi connectivity index (χ3n) is 7.97. The van der Waals surface area contributed by atoms with Crippen molar-refractivity contribution in [3.63, 3.8) is 0 Å². The van der Waals surface area contributed by atoms with Crippen LogP contribution in [0.5, 0.6) is 0 Å². The van der Waals surface area contributed by atoms with Gasteiger partial charge in [-0.2, -0.15) is 0 Å². The Morgan fingerprint density at radius 2 is 1.97 bits per heavy atom. The molecule has 1 unspecified atom stereocenters. The van der Waals surface area contributed by atoms with E-state index in [0.717, 1.165) is 36.8 Å². The summed E-state index contributed by atoms with van der Waals surface area (Å²) >= 11 is 0. The molecule has 0 aromatic heterocycles. The van der Waals surface area contributed by atoms with Crippen molar-refractivity contribution >= 4 is 0 Å². The topological polar surface area (TPSA) is 69.9 Å². The van der Waals surface area contributed by atoms with Crippen LogP contribution in [0.1, 0.15) is 79.6 Å². The van der Waals surface area contributed by atoms with Crippen LogP contribution in [0.3, 0.4) is 0 Å². The highest BCUT2D eigenvalue weighted by Crippen LogP contribution is 2.57. The van der Waals surface area contributed by atoms with Crippen LogP contribution in [0.15, 0.2) is 47.1 Å². The third-order valence-corrected chi connectivity index (χ3v) is 7.97. The summed E-state index contributed by atoms with van der Waals surface area (Å²) in [5, 5.41) is 30.6. The lowest BCUT2D eigenvalue weighted by Gasteiger charge is -2.46. The van der Waals surface area contributed by atoms with Crippen LogP contribution < -0.4 is 0 Å². The Balaban J connectivity index is 1.79. The quantitative estimate of drug-likeness (QED) is 0.519. The molecule has 3 aliphatic carbocycles. The van der Waals surface area contributed by atoms with Crippen LogP contribution in [-0.4, -0.2) is 45.3 Å². The average Bonchev–Trinajstić information content (AvgIpc) is 3.06. The van der Waals surface area contributed by atoms with Gasteiger partial charge in [-0.3, -0.25) is 0 Å². The molecule has 3 aliphatic rings. The standard InChI is InChI=1S/C27H42O4/c1-7-26(5,30)17-31-25(3,4)24-13-12-22-19(9-8-14-27(22,24)6)10-11-20-15-21(28)16-23(29)18(20)2/h10-11,13,21-23,28-30H,2,7-9,12,14-17H2,1,3-6H3/t21-,22+,23+,26?,27+/m1/s1. The summed E-state index contributed by atoms with van der Waals surface area (Å²) in [5.74, 6) is 0.439. The van der Waals surface area contributed by atoms with Crippen LogP contribution in [0.2, 0.25) is 0 Å². The molecule has 4 nitrogen and oxygen atoms in total. The lowest BCUT2D eigenvalue weighted by molar-refractivity contribution is -0.0918. The number of hydrogen-bond donors (Lipinski definition) is 3. The van der Waals surface area contributed by atoms with Crippen LogP contribution >= 0.6 is 0 Å². The highest BCUT2D eigenvalue weighted by Gasteiger charge is 2.49. The average molecular weight is 431 g/mol. The maximum Gasteiger partial charge on any atom is 0.0850 e.